The minimum atomic E-state index is -0.761. The first-order chi connectivity index (χ1) is 10.5. The quantitative estimate of drug-likeness (QED) is 0.575. The average molecular weight is 309 g/mol. The molecule has 0 spiro atoms. The molecular formula is C13H19N5O4. The van der Waals surface area contributed by atoms with E-state index in [0.717, 1.165) is 13.1 Å². The molecule has 1 aromatic rings. The third-order valence-corrected chi connectivity index (χ3v) is 3.54. The Morgan fingerprint density at radius 2 is 1.95 bits per heavy atom. The largest absolute Gasteiger partial charge is 0.494 e. The fourth-order valence-corrected chi connectivity index (χ4v) is 2.25. The lowest BCUT2D eigenvalue weighted by molar-refractivity contribution is -0.130. The van der Waals surface area contributed by atoms with Crippen LogP contribution in [0.5, 0.6) is 5.88 Å². The molecule has 2 rings (SSSR count). The van der Waals surface area contributed by atoms with Crippen LogP contribution in [0.25, 0.3) is 0 Å². The Morgan fingerprint density at radius 1 is 1.27 bits per heavy atom. The highest BCUT2D eigenvalue weighted by atomic mass is 16.3. The lowest BCUT2D eigenvalue weighted by Gasteiger charge is -2.33. The van der Waals surface area contributed by atoms with Crippen molar-refractivity contribution in [2.75, 3.05) is 39.3 Å². The maximum atomic E-state index is 11.5. The predicted octanol–water partition coefficient (Wildman–Crippen LogP) is -1.65. The molecule has 1 aliphatic rings. The average Bonchev–Trinajstić information content (AvgIpc) is 2.46. The van der Waals surface area contributed by atoms with E-state index in [9.17, 15) is 19.5 Å². The number of hydrogen-bond donors (Lipinski definition) is 3. The predicted molar refractivity (Wildman–Crippen MR) is 80.5 cm³/mol. The highest BCUT2D eigenvalue weighted by molar-refractivity contribution is 5.81. The summed E-state index contributed by atoms with van der Waals surface area (Å²) in [4.78, 5) is 45.8. The number of H-pyrrole nitrogens is 2. The molecule has 0 bridgehead atoms. The highest BCUT2D eigenvalue weighted by Crippen LogP contribution is 2.03. The van der Waals surface area contributed by atoms with Crippen LogP contribution in [-0.2, 0) is 4.79 Å². The molecule has 3 N–H and O–H groups in total. The number of aliphatic imine (C=N–C) groups is 1. The molecule has 1 aromatic heterocycles. The van der Waals surface area contributed by atoms with E-state index in [1.807, 2.05) is 4.98 Å². The molecule has 1 aliphatic heterocycles. The maximum Gasteiger partial charge on any atom is 0.328 e. The molecule has 0 saturated carbocycles. The molecule has 22 heavy (non-hydrogen) atoms. The first kappa shape index (κ1) is 16.0. The molecule has 120 valence electrons. The van der Waals surface area contributed by atoms with Crippen LogP contribution in [0.4, 0.5) is 0 Å². The lowest BCUT2D eigenvalue weighted by Crippen LogP contribution is -2.48. The summed E-state index contributed by atoms with van der Waals surface area (Å²) in [6.07, 6.45) is 1.25. The topological polar surface area (TPSA) is 122 Å². The van der Waals surface area contributed by atoms with Gasteiger partial charge >= 0.3 is 5.69 Å². The van der Waals surface area contributed by atoms with E-state index in [1.54, 1.807) is 11.8 Å². The van der Waals surface area contributed by atoms with Gasteiger partial charge in [-0.15, -0.1) is 0 Å². The van der Waals surface area contributed by atoms with E-state index < -0.39 is 17.1 Å². The fourth-order valence-electron chi connectivity index (χ4n) is 2.25. The van der Waals surface area contributed by atoms with E-state index in [2.05, 4.69) is 14.9 Å². The summed E-state index contributed by atoms with van der Waals surface area (Å²) in [5.74, 6) is -0.405. The standard InChI is InChI=1S/C13H19N5O4/c1-9(19)18-6-4-17(5-7-18)3-2-14-8-10-11(20)15-13(22)16-12(10)21/h8H,2-7H2,1H3,(H3,15,16,20,21,22). The van der Waals surface area contributed by atoms with E-state index >= 15 is 0 Å². The smallest absolute Gasteiger partial charge is 0.328 e. The van der Waals surface area contributed by atoms with Crippen molar-refractivity contribution >= 4 is 12.1 Å². The zero-order chi connectivity index (χ0) is 16.1. The van der Waals surface area contributed by atoms with Crippen LogP contribution in [0.2, 0.25) is 0 Å². The molecule has 1 saturated heterocycles. The molecule has 0 radical (unpaired) electrons. The molecule has 1 fully saturated rings. The first-order valence-corrected chi connectivity index (χ1v) is 7.00. The molecule has 0 atom stereocenters. The van der Waals surface area contributed by atoms with Gasteiger partial charge in [0.15, 0.2) is 0 Å². The zero-order valence-corrected chi connectivity index (χ0v) is 12.3. The van der Waals surface area contributed by atoms with Gasteiger partial charge in [-0.25, -0.2) is 4.79 Å². The van der Waals surface area contributed by atoms with Crippen LogP contribution in [0.15, 0.2) is 14.6 Å². The molecule has 9 nitrogen and oxygen atoms in total. The summed E-state index contributed by atoms with van der Waals surface area (Å²) >= 11 is 0. The van der Waals surface area contributed by atoms with Crippen LogP contribution >= 0.6 is 0 Å². The Bertz CT molecular complexity index is 670. The van der Waals surface area contributed by atoms with Crippen molar-refractivity contribution in [1.82, 2.24) is 19.8 Å². The first-order valence-electron chi connectivity index (χ1n) is 7.00. The number of nitrogens with zero attached hydrogens (tertiary/aromatic N) is 3. The third kappa shape index (κ3) is 4.04. The molecule has 2 heterocycles. The Hall–Kier alpha value is -2.42. The number of amides is 1. The van der Waals surface area contributed by atoms with Crippen molar-refractivity contribution in [2.45, 2.75) is 6.92 Å². The van der Waals surface area contributed by atoms with Gasteiger partial charge in [-0.05, 0) is 0 Å². The summed E-state index contributed by atoms with van der Waals surface area (Å²) in [7, 11) is 0. The molecular weight excluding hydrogens is 290 g/mol. The van der Waals surface area contributed by atoms with Crippen LogP contribution in [0.1, 0.15) is 12.5 Å². The van der Waals surface area contributed by atoms with Crippen molar-refractivity contribution < 1.29 is 9.90 Å². The van der Waals surface area contributed by atoms with Gasteiger partial charge in [0, 0.05) is 45.9 Å². The Labute approximate surface area is 126 Å². The second-order valence-electron chi connectivity index (χ2n) is 5.05. The Morgan fingerprint density at radius 3 is 2.55 bits per heavy atom. The van der Waals surface area contributed by atoms with Crippen molar-refractivity contribution in [1.29, 1.82) is 0 Å². The van der Waals surface area contributed by atoms with E-state index in [1.165, 1.54) is 6.21 Å². The van der Waals surface area contributed by atoms with Gasteiger partial charge in [-0.2, -0.15) is 0 Å². The van der Waals surface area contributed by atoms with Gasteiger partial charge in [0.2, 0.25) is 11.8 Å². The zero-order valence-electron chi connectivity index (χ0n) is 12.3. The minimum Gasteiger partial charge on any atom is -0.494 e. The summed E-state index contributed by atoms with van der Waals surface area (Å²) < 4.78 is 0. The number of aromatic amines is 2. The minimum absolute atomic E-state index is 0.0685. The number of carbonyl (C=O) groups excluding carboxylic acids is 1. The number of hydrogen-bond acceptors (Lipinski definition) is 6. The van der Waals surface area contributed by atoms with E-state index in [4.69, 9.17) is 0 Å². The number of nitrogens with one attached hydrogen (secondary N) is 2. The van der Waals surface area contributed by atoms with Crippen molar-refractivity contribution in [3.05, 3.63) is 26.4 Å². The number of piperazine rings is 1. The summed E-state index contributed by atoms with van der Waals surface area (Å²) in [5.41, 5.74) is -1.51. The molecule has 9 heteroatoms. The number of carbonyl (C=O) groups is 1. The summed E-state index contributed by atoms with van der Waals surface area (Å²) in [6, 6.07) is 0. The SMILES string of the molecule is CC(=O)N1CCN(CCN=Cc2c(O)[nH]c(=O)[nH]c2=O)CC1. The van der Waals surface area contributed by atoms with Crippen molar-refractivity contribution in [3.8, 4) is 5.88 Å². The van der Waals surface area contributed by atoms with Gasteiger partial charge in [0.1, 0.15) is 5.56 Å². The lowest BCUT2D eigenvalue weighted by atomic mass is 10.3. The van der Waals surface area contributed by atoms with Crippen LogP contribution < -0.4 is 11.2 Å². The monoisotopic (exact) mass is 309 g/mol. The van der Waals surface area contributed by atoms with Crippen molar-refractivity contribution in [3.63, 3.8) is 0 Å². The molecule has 1 amide bonds. The second-order valence-corrected chi connectivity index (χ2v) is 5.05. The summed E-state index contributed by atoms with van der Waals surface area (Å²) in [6.45, 7) is 5.72. The van der Waals surface area contributed by atoms with Gasteiger partial charge < -0.3 is 10.0 Å². The van der Waals surface area contributed by atoms with E-state index in [-0.39, 0.29) is 11.5 Å². The van der Waals surface area contributed by atoms with Crippen LogP contribution in [0.3, 0.4) is 0 Å². The number of aromatic nitrogens is 2. The second kappa shape index (κ2) is 7.03. The van der Waals surface area contributed by atoms with Gasteiger partial charge in [-0.1, -0.05) is 0 Å². The van der Waals surface area contributed by atoms with Crippen molar-refractivity contribution in [2.24, 2.45) is 4.99 Å². The van der Waals surface area contributed by atoms with Gasteiger partial charge in [0.05, 0.1) is 6.54 Å². The Kier molecular flexibility index (Phi) is 5.10. The number of rotatable bonds is 4. The third-order valence-electron chi connectivity index (χ3n) is 3.54. The maximum absolute atomic E-state index is 11.5. The summed E-state index contributed by atoms with van der Waals surface area (Å²) in [5, 5.41) is 9.49. The molecule has 0 aromatic carbocycles. The number of aromatic hydroxyl groups is 1. The normalized spacial score (nSPS) is 16.3. The molecule has 0 aliphatic carbocycles. The van der Waals surface area contributed by atoms with E-state index in [0.29, 0.717) is 26.2 Å². The van der Waals surface area contributed by atoms with Gasteiger partial charge in [0.25, 0.3) is 5.56 Å². The highest BCUT2D eigenvalue weighted by Gasteiger charge is 2.17. The van der Waals surface area contributed by atoms with Crippen LogP contribution in [0, 0.1) is 0 Å². The molecule has 0 unspecified atom stereocenters. The van der Waals surface area contributed by atoms with Gasteiger partial charge in [-0.3, -0.25) is 29.4 Å². The van der Waals surface area contributed by atoms with Crippen LogP contribution in [-0.4, -0.2) is 76.3 Å². The Balaban J connectivity index is 1.84. The fraction of sp³-hybridized carbons (Fsp3) is 0.538.